The Labute approximate surface area is 125 Å². The molecule has 1 nitrogen and oxygen atoms in total. The molecule has 20 heavy (non-hydrogen) atoms. The summed E-state index contributed by atoms with van der Waals surface area (Å²) in [4.78, 5) is 3.33. The minimum atomic E-state index is 1.09. The molecule has 0 saturated carbocycles. The number of H-pyrrole nitrogens is 1. The highest BCUT2D eigenvalue weighted by Gasteiger charge is 2.04. The Kier molecular flexibility index (Phi) is 14.0. The van der Waals surface area contributed by atoms with E-state index in [1.807, 2.05) is 66.7 Å². The maximum absolute atomic E-state index is 3.80. The molecular weight excluding hydrogens is 242 g/mol. The summed E-state index contributed by atoms with van der Waals surface area (Å²) in [6, 6.07) is 8.28. The minimum absolute atomic E-state index is 1.09. The number of benzene rings is 1. The second-order valence-corrected chi connectivity index (χ2v) is 3.20. The Morgan fingerprint density at radius 3 is 2.00 bits per heavy atom. The van der Waals surface area contributed by atoms with Crippen LogP contribution in [0.5, 0.6) is 0 Å². The van der Waals surface area contributed by atoms with Gasteiger partial charge in [-0.15, -0.1) is 0 Å². The predicted octanol–water partition coefficient (Wildman–Crippen LogP) is 6.92. The largest absolute Gasteiger partial charge is 0.355 e. The summed E-state index contributed by atoms with van der Waals surface area (Å²) in [6.07, 6.45) is 6.01. The number of para-hydroxylation sites is 1. The Morgan fingerprint density at radius 2 is 1.50 bits per heavy atom. The molecule has 0 unspecified atom stereocenters. The van der Waals surface area contributed by atoms with Crippen LogP contribution >= 0.6 is 0 Å². The molecule has 0 bridgehead atoms. The molecule has 0 aliphatic rings. The normalized spacial score (nSPS) is 8.75. The number of rotatable bonds is 2. The molecule has 1 heterocycles. The van der Waals surface area contributed by atoms with E-state index < -0.39 is 0 Å². The molecule has 0 saturated heterocycles. The standard InChI is InChI=1S/C13H13N.3C2H6/c1-3-7-10-11-8-5-6-9-13(11)14-12(10)4-2;3*1-2/h3-9,14H,2H2,1H3;3*1-2H3/b7-3-;;;. The highest BCUT2D eigenvalue weighted by molar-refractivity contribution is 5.92. The number of allylic oxidation sites excluding steroid dienone is 1. The third-order valence-electron chi connectivity index (χ3n) is 2.31. The van der Waals surface area contributed by atoms with Crippen LogP contribution in [0, 0.1) is 0 Å². The average Bonchev–Trinajstić information content (AvgIpc) is 2.92. The molecule has 0 aliphatic heterocycles. The van der Waals surface area contributed by atoms with Gasteiger partial charge in [0.1, 0.15) is 0 Å². The van der Waals surface area contributed by atoms with Crippen LogP contribution in [0.2, 0.25) is 0 Å². The zero-order valence-electron chi connectivity index (χ0n) is 14.2. The van der Waals surface area contributed by atoms with Crippen LogP contribution in [0.1, 0.15) is 59.7 Å². The zero-order valence-corrected chi connectivity index (χ0v) is 14.2. The number of nitrogens with one attached hydrogen (secondary N) is 1. The highest BCUT2D eigenvalue weighted by atomic mass is 14.7. The first kappa shape index (κ1) is 20.6. The van der Waals surface area contributed by atoms with E-state index in [-0.39, 0.29) is 0 Å². The molecule has 1 heteroatoms. The molecule has 0 spiro atoms. The van der Waals surface area contributed by atoms with Crippen LogP contribution in [-0.2, 0) is 0 Å². The van der Waals surface area contributed by atoms with Crippen molar-refractivity contribution < 1.29 is 0 Å². The van der Waals surface area contributed by atoms with Gasteiger partial charge in [-0.1, -0.05) is 78.5 Å². The van der Waals surface area contributed by atoms with Crippen molar-refractivity contribution in [3.8, 4) is 0 Å². The lowest BCUT2D eigenvalue weighted by molar-refractivity contribution is 1.42. The molecule has 1 N–H and O–H groups in total. The van der Waals surface area contributed by atoms with Crippen molar-refractivity contribution >= 4 is 23.1 Å². The molecule has 1 aromatic carbocycles. The molecule has 1 aromatic heterocycles. The lowest BCUT2D eigenvalue weighted by Crippen LogP contribution is -1.73. The van der Waals surface area contributed by atoms with Crippen LogP contribution in [-0.4, -0.2) is 4.98 Å². The van der Waals surface area contributed by atoms with Gasteiger partial charge in [0.15, 0.2) is 0 Å². The fraction of sp³-hybridized carbons (Fsp3) is 0.368. The van der Waals surface area contributed by atoms with E-state index in [4.69, 9.17) is 0 Å². The maximum Gasteiger partial charge on any atom is 0.0464 e. The first-order valence-electron chi connectivity index (χ1n) is 7.72. The van der Waals surface area contributed by atoms with Gasteiger partial charge in [-0.05, 0) is 19.1 Å². The fourth-order valence-electron chi connectivity index (χ4n) is 1.69. The van der Waals surface area contributed by atoms with Gasteiger partial charge in [0, 0.05) is 22.2 Å². The first-order valence-corrected chi connectivity index (χ1v) is 7.72. The van der Waals surface area contributed by atoms with Crippen molar-refractivity contribution in [3.05, 3.63) is 48.2 Å². The number of aromatic nitrogens is 1. The quantitative estimate of drug-likeness (QED) is 0.611. The van der Waals surface area contributed by atoms with E-state index in [1.54, 1.807) is 0 Å². The van der Waals surface area contributed by atoms with E-state index in [0.29, 0.717) is 0 Å². The molecule has 112 valence electrons. The van der Waals surface area contributed by atoms with E-state index >= 15 is 0 Å². The predicted molar refractivity (Wildman–Crippen MR) is 97.1 cm³/mol. The first-order chi connectivity index (χ1) is 9.86. The molecule has 0 aliphatic carbocycles. The van der Waals surface area contributed by atoms with Crippen LogP contribution < -0.4 is 0 Å². The van der Waals surface area contributed by atoms with Crippen LogP contribution in [0.15, 0.2) is 36.9 Å². The Balaban J connectivity index is 0. The maximum atomic E-state index is 3.80. The van der Waals surface area contributed by atoms with Gasteiger partial charge in [0.25, 0.3) is 0 Å². The number of hydrogen-bond donors (Lipinski definition) is 1. The third-order valence-corrected chi connectivity index (χ3v) is 2.31. The minimum Gasteiger partial charge on any atom is -0.355 e. The third kappa shape index (κ3) is 5.48. The van der Waals surface area contributed by atoms with Crippen LogP contribution in [0.3, 0.4) is 0 Å². The van der Waals surface area contributed by atoms with Crippen molar-refractivity contribution in [2.24, 2.45) is 0 Å². The molecule has 2 rings (SSSR count). The van der Waals surface area contributed by atoms with Gasteiger partial charge >= 0.3 is 0 Å². The monoisotopic (exact) mass is 273 g/mol. The molecule has 0 fully saturated rings. The lowest BCUT2D eigenvalue weighted by atomic mass is 10.1. The van der Waals surface area contributed by atoms with Gasteiger partial charge in [-0.3, -0.25) is 0 Å². The molecule has 0 atom stereocenters. The Hall–Kier alpha value is -1.76. The second kappa shape index (κ2) is 13.7. The van der Waals surface area contributed by atoms with E-state index in [9.17, 15) is 0 Å². The Morgan fingerprint density at radius 1 is 0.950 bits per heavy atom. The fourth-order valence-corrected chi connectivity index (χ4v) is 1.69. The van der Waals surface area contributed by atoms with Gasteiger partial charge in [-0.2, -0.15) is 0 Å². The summed E-state index contributed by atoms with van der Waals surface area (Å²) >= 11 is 0. The van der Waals surface area contributed by atoms with E-state index in [0.717, 1.165) is 11.2 Å². The molecule has 2 aromatic rings. The number of aromatic amines is 1. The zero-order chi connectivity index (χ0) is 16.0. The van der Waals surface area contributed by atoms with Crippen molar-refractivity contribution in [3.63, 3.8) is 0 Å². The smallest absolute Gasteiger partial charge is 0.0464 e. The lowest BCUT2D eigenvalue weighted by Gasteiger charge is -1.91. The van der Waals surface area contributed by atoms with Gasteiger partial charge in [0.2, 0.25) is 0 Å². The average molecular weight is 273 g/mol. The topological polar surface area (TPSA) is 15.8 Å². The number of hydrogen-bond acceptors (Lipinski definition) is 0. The van der Waals surface area contributed by atoms with Crippen LogP contribution in [0.25, 0.3) is 23.1 Å². The summed E-state index contributed by atoms with van der Waals surface area (Å²) in [5, 5.41) is 1.25. The van der Waals surface area contributed by atoms with Crippen LogP contribution in [0.4, 0.5) is 0 Å². The van der Waals surface area contributed by atoms with Crippen molar-refractivity contribution in [1.29, 1.82) is 0 Å². The van der Waals surface area contributed by atoms with E-state index in [2.05, 4.69) is 35.8 Å². The summed E-state index contributed by atoms with van der Waals surface area (Å²) < 4.78 is 0. The summed E-state index contributed by atoms with van der Waals surface area (Å²) in [5.41, 5.74) is 3.47. The highest BCUT2D eigenvalue weighted by Crippen LogP contribution is 2.24. The summed E-state index contributed by atoms with van der Waals surface area (Å²) in [5.74, 6) is 0. The van der Waals surface area contributed by atoms with Gasteiger partial charge < -0.3 is 4.98 Å². The summed E-state index contributed by atoms with van der Waals surface area (Å²) in [6.45, 7) is 17.8. The Bertz CT molecular complexity index is 489. The SMILES string of the molecule is C=Cc1[nH]c2ccccc2c1/C=C\C.CC.CC.CC. The molecular formula is C19H31N. The summed E-state index contributed by atoms with van der Waals surface area (Å²) in [7, 11) is 0. The molecule has 0 radical (unpaired) electrons. The van der Waals surface area contributed by atoms with Gasteiger partial charge in [-0.25, -0.2) is 0 Å². The van der Waals surface area contributed by atoms with E-state index in [1.165, 1.54) is 10.9 Å². The van der Waals surface area contributed by atoms with Gasteiger partial charge in [0.05, 0.1) is 0 Å². The second-order valence-electron chi connectivity index (χ2n) is 3.20. The van der Waals surface area contributed by atoms with Crippen molar-refractivity contribution in [1.82, 2.24) is 4.98 Å². The molecule has 0 amide bonds. The van der Waals surface area contributed by atoms with Crippen molar-refractivity contribution in [2.45, 2.75) is 48.5 Å². The number of fused-ring (bicyclic) bond motifs is 1. The van der Waals surface area contributed by atoms with Crippen molar-refractivity contribution in [2.75, 3.05) is 0 Å².